The molecule has 0 saturated carbocycles. The van der Waals surface area contributed by atoms with Gasteiger partial charge in [0.15, 0.2) is 5.96 Å². The number of guanidine groups is 1. The minimum atomic E-state index is 0. The van der Waals surface area contributed by atoms with Crippen LogP contribution in [0.4, 0.5) is 5.69 Å². The van der Waals surface area contributed by atoms with E-state index in [1.54, 1.807) is 7.05 Å². The average Bonchev–Trinajstić information content (AvgIpc) is 3.19. The van der Waals surface area contributed by atoms with Gasteiger partial charge in [-0.05, 0) is 37.0 Å². The first-order chi connectivity index (χ1) is 13.2. The SMILES string of the molecule is CCCC(=O)Nc1ccc(CNC(=NC)NCCCOC2CCOC2)cc1.I. The smallest absolute Gasteiger partial charge is 0.224 e. The molecule has 0 aromatic heterocycles. The van der Waals surface area contributed by atoms with E-state index in [1.165, 1.54) is 0 Å². The van der Waals surface area contributed by atoms with Crippen LogP contribution in [0.5, 0.6) is 0 Å². The third-order valence-corrected chi connectivity index (χ3v) is 4.25. The van der Waals surface area contributed by atoms with E-state index < -0.39 is 0 Å². The topological polar surface area (TPSA) is 84.0 Å². The molecular formula is C20H33IN4O3. The highest BCUT2D eigenvalue weighted by Crippen LogP contribution is 2.10. The largest absolute Gasteiger partial charge is 0.379 e. The van der Waals surface area contributed by atoms with Gasteiger partial charge in [0.2, 0.25) is 5.91 Å². The van der Waals surface area contributed by atoms with Crippen LogP contribution in [-0.4, -0.2) is 51.4 Å². The summed E-state index contributed by atoms with van der Waals surface area (Å²) in [5.41, 5.74) is 1.95. The third kappa shape index (κ3) is 9.70. The van der Waals surface area contributed by atoms with E-state index in [0.29, 0.717) is 13.0 Å². The molecule has 1 aromatic carbocycles. The molecule has 1 atom stereocenters. The number of amides is 1. The second-order valence-corrected chi connectivity index (χ2v) is 6.56. The van der Waals surface area contributed by atoms with Crippen LogP contribution in [-0.2, 0) is 20.8 Å². The van der Waals surface area contributed by atoms with Gasteiger partial charge in [0, 0.05) is 45.5 Å². The second kappa shape index (κ2) is 14.6. The number of anilines is 1. The molecule has 1 amide bonds. The Kier molecular flexibility index (Phi) is 12.8. The van der Waals surface area contributed by atoms with E-state index in [0.717, 1.165) is 62.8 Å². The molecule has 3 N–H and O–H groups in total. The van der Waals surface area contributed by atoms with Gasteiger partial charge in [0.05, 0.1) is 12.7 Å². The number of nitrogens with one attached hydrogen (secondary N) is 3. The highest BCUT2D eigenvalue weighted by molar-refractivity contribution is 14.0. The van der Waals surface area contributed by atoms with Gasteiger partial charge in [-0.1, -0.05) is 19.1 Å². The molecule has 8 heteroatoms. The lowest BCUT2D eigenvalue weighted by Gasteiger charge is -2.13. The van der Waals surface area contributed by atoms with Crippen LogP contribution in [0.2, 0.25) is 0 Å². The molecule has 1 fully saturated rings. The number of ether oxygens (including phenoxy) is 2. The van der Waals surface area contributed by atoms with Crippen LogP contribution in [0, 0.1) is 0 Å². The summed E-state index contributed by atoms with van der Waals surface area (Å²) < 4.78 is 11.0. The maximum Gasteiger partial charge on any atom is 0.224 e. The van der Waals surface area contributed by atoms with E-state index in [1.807, 2.05) is 31.2 Å². The predicted octanol–water partition coefficient (Wildman–Crippen LogP) is 2.90. The van der Waals surface area contributed by atoms with Gasteiger partial charge >= 0.3 is 0 Å². The van der Waals surface area contributed by atoms with Gasteiger partial charge in [0.25, 0.3) is 0 Å². The molecule has 1 heterocycles. The zero-order valence-electron chi connectivity index (χ0n) is 16.8. The van der Waals surface area contributed by atoms with Crippen LogP contribution in [0.3, 0.4) is 0 Å². The van der Waals surface area contributed by atoms with Crippen molar-refractivity contribution in [2.75, 3.05) is 38.7 Å². The number of carbonyl (C=O) groups excluding carboxylic acids is 1. The predicted molar refractivity (Wildman–Crippen MR) is 123 cm³/mol. The maximum absolute atomic E-state index is 11.6. The molecular weight excluding hydrogens is 471 g/mol. The van der Waals surface area contributed by atoms with Crippen LogP contribution < -0.4 is 16.0 Å². The Bertz CT molecular complexity index is 590. The molecule has 1 aliphatic heterocycles. The Hall–Kier alpha value is -1.39. The summed E-state index contributed by atoms with van der Waals surface area (Å²) in [6, 6.07) is 7.84. The Morgan fingerprint density at radius 2 is 2.07 bits per heavy atom. The highest BCUT2D eigenvalue weighted by atomic mass is 127. The van der Waals surface area contributed by atoms with Crippen molar-refractivity contribution in [3.63, 3.8) is 0 Å². The Labute approximate surface area is 185 Å². The molecule has 1 aliphatic rings. The van der Waals surface area contributed by atoms with Crippen molar-refractivity contribution in [2.24, 2.45) is 4.99 Å². The molecule has 0 bridgehead atoms. The van der Waals surface area contributed by atoms with Gasteiger partial charge in [-0.15, -0.1) is 24.0 Å². The van der Waals surface area contributed by atoms with Crippen LogP contribution in [0.1, 0.15) is 38.2 Å². The van der Waals surface area contributed by atoms with E-state index in [9.17, 15) is 4.79 Å². The molecule has 0 radical (unpaired) electrons. The molecule has 2 rings (SSSR count). The van der Waals surface area contributed by atoms with Crippen LogP contribution in [0.25, 0.3) is 0 Å². The summed E-state index contributed by atoms with van der Waals surface area (Å²) in [4.78, 5) is 15.8. The fourth-order valence-corrected chi connectivity index (χ4v) is 2.74. The Balaban J connectivity index is 0.00000392. The molecule has 1 unspecified atom stereocenters. The molecule has 28 heavy (non-hydrogen) atoms. The van der Waals surface area contributed by atoms with E-state index in [2.05, 4.69) is 20.9 Å². The summed E-state index contributed by atoms with van der Waals surface area (Å²) in [5, 5.41) is 9.47. The molecule has 1 saturated heterocycles. The summed E-state index contributed by atoms with van der Waals surface area (Å²) >= 11 is 0. The summed E-state index contributed by atoms with van der Waals surface area (Å²) in [6.45, 7) is 5.72. The average molecular weight is 504 g/mol. The van der Waals surface area contributed by atoms with Crippen molar-refractivity contribution in [2.45, 2.75) is 45.3 Å². The first-order valence-corrected chi connectivity index (χ1v) is 9.74. The first kappa shape index (κ1) is 24.6. The molecule has 1 aromatic rings. The lowest BCUT2D eigenvalue weighted by atomic mass is 10.2. The fraction of sp³-hybridized carbons (Fsp3) is 0.600. The van der Waals surface area contributed by atoms with Gasteiger partial charge in [-0.2, -0.15) is 0 Å². The number of hydrogen-bond acceptors (Lipinski definition) is 4. The van der Waals surface area contributed by atoms with Crippen LogP contribution >= 0.6 is 24.0 Å². The Morgan fingerprint density at radius 1 is 1.29 bits per heavy atom. The van der Waals surface area contributed by atoms with E-state index in [-0.39, 0.29) is 36.0 Å². The van der Waals surface area contributed by atoms with Gasteiger partial charge < -0.3 is 25.4 Å². The second-order valence-electron chi connectivity index (χ2n) is 6.56. The maximum atomic E-state index is 11.6. The number of carbonyl (C=O) groups is 1. The van der Waals surface area contributed by atoms with Crippen molar-refractivity contribution >= 4 is 41.5 Å². The lowest BCUT2D eigenvalue weighted by molar-refractivity contribution is -0.116. The number of halogens is 1. The summed E-state index contributed by atoms with van der Waals surface area (Å²) in [5.74, 6) is 0.817. The third-order valence-electron chi connectivity index (χ3n) is 4.25. The van der Waals surface area contributed by atoms with Gasteiger partial charge in [-0.25, -0.2) is 0 Å². The molecule has 0 spiro atoms. The number of rotatable bonds is 10. The highest BCUT2D eigenvalue weighted by Gasteiger charge is 2.15. The number of hydrogen-bond donors (Lipinski definition) is 3. The van der Waals surface area contributed by atoms with Crippen molar-refractivity contribution in [1.29, 1.82) is 0 Å². The monoisotopic (exact) mass is 504 g/mol. The number of benzene rings is 1. The molecule has 0 aliphatic carbocycles. The summed E-state index contributed by atoms with van der Waals surface area (Å²) in [6.07, 6.45) is 3.57. The van der Waals surface area contributed by atoms with Crippen molar-refractivity contribution in [3.05, 3.63) is 29.8 Å². The van der Waals surface area contributed by atoms with E-state index in [4.69, 9.17) is 9.47 Å². The standard InChI is InChI=1S/C20H32N4O3.HI/c1-3-5-19(25)24-17-8-6-16(7-9-17)14-23-20(21-2)22-11-4-12-27-18-10-13-26-15-18;/h6-9,18H,3-5,10-15H2,1-2H3,(H,24,25)(H2,21,22,23);1H. The number of nitrogens with zero attached hydrogens (tertiary/aromatic N) is 1. The fourth-order valence-electron chi connectivity index (χ4n) is 2.74. The van der Waals surface area contributed by atoms with Crippen LogP contribution in [0.15, 0.2) is 29.3 Å². The van der Waals surface area contributed by atoms with Gasteiger partial charge in [-0.3, -0.25) is 9.79 Å². The zero-order valence-corrected chi connectivity index (χ0v) is 19.2. The zero-order chi connectivity index (χ0) is 19.3. The van der Waals surface area contributed by atoms with E-state index >= 15 is 0 Å². The normalized spacial score (nSPS) is 16.4. The van der Waals surface area contributed by atoms with Crippen molar-refractivity contribution < 1.29 is 14.3 Å². The quantitative estimate of drug-likeness (QED) is 0.198. The lowest BCUT2D eigenvalue weighted by Crippen LogP contribution is -2.37. The molecule has 158 valence electrons. The first-order valence-electron chi connectivity index (χ1n) is 9.74. The van der Waals surface area contributed by atoms with Crippen molar-refractivity contribution in [3.8, 4) is 0 Å². The molecule has 7 nitrogen and oxygen atoms in total. The van der Waals surface area contributed by atoms with Gasteiger partial charge in [0.1, 0.15) is 0 Å². The minimum absolute atomic E-state index is 0. The van der Waals surface area contributed by atoms with Crippen molar-refractivity contribution in [1.82, 2.24) is 10.6 Å². The minimum Gasteiger partial charge on any atom is -0.379 e. The Morgan fingerprint density at radius 3 is 2.71 bits per heavy atom. The number of aliphatic imine (C=N–C) groups is 1. The summed E-state index contributed by atoms with van der Waals surface area (Å²) in [7, 11) is 1.76.